The molecule has 0 aliphatic heterocycles. The molecule has 1 rings (SSSR count). The summed E-state index contributed by atoms with van der Waals surface area (Å²) in [5.41, 5.74) is 1.31. The number of hydrogen-bond donors (Lipinski definition) is 1. The van der Waals surface area contributed by atoms with E-state index in [9.17, 15) is 0 Å². The van der Waals surface area contributed by atoms with Gasteiger partial charge in [0.15, 0.2) is 0 Å². The molecule has 0 bridgehead atoms. The van der Waals surface area contributed by atoms with Crippen molar-refractivity contribution in [3.63, 3.8) is 0 Å². The Bertz CT molecular complexity index is 311. The summed E-state index contributed by atoms with van der Waals surface area (Å²) in [6, 6.07) is 8.20. The van der Waals surface area contributed by atoms with E-state index >= 15 is 0 Å². The molecule has 0 saturated heterocycles. The van der Waals surface area contributed by atoms with Crippen LogP contribution < -0.4 is 4.74 Å². The summed E-state index contributed by atoms with van der Waals surface area (Å²) >= 11 is 0. The molecule has 0 fully saturated rings. The molecular formula is C14H23NO2. The number of aliphatic hydroxyl groups is 1. The third-order valence-electron chi connectivity index (χ3n) is 3.08. The molecule has 0 heterocycles. The topological polar surface area (TPSA) is 32.7 Å². The van der Waals surface area contributed by atoms with Gasteiger partial charge in [-0.25, -0.2) is 0 Å². The maximum absolute atomic E-state index is 8.96. The van der Waals surface area contributed by atoms with Gasteiger partial charge >= 0.3 is 0 Å². The van der Waals surface area contributed by atoms with Gasteiger partial charge in [0.2, 0.25) is 0 Å². The highest BCUT2D eigenvalue weighted by molar-refractivity contribution is 5.29. The predicted octanol–water partition coefficient (Wildman–Crippen LogP) is 2.11. The number of nitrogens with zero attached hydrogens (tertiary/aromatic N) is 1. The van der Waals surface area contributed by atoms with Crippen molar-refractivity contribution >= 4 is 0 Å². The molecule has 3 nitrogen and oxygen atoms in total. The number of ether oxygens (including phenoxy) is 1. The van der Waals surface area contributed by atoms with Gasteiger partial charge in [-0.3, -0.25) is 0 Å². The second-order valence-corrected chi connectivity index (χ2v) is 4.29. The standard InChI is InChI=1S/C14H23NO2/c1-4-15(9-10-16)11-12(2)13-5-7-14(17-3)8-6-13/h5-8,12,16H,4,9-11H2,1-3H3. The molecule has 0 saturated carbocycles. The van der Waals surface area contributed by atoms with Gasteiger partial charge in [-0.15, -0.1) is 0 Å². The van der Waals surface area contributed by atoms with Gasteiger partial charge in [0.05, 0.1) is 13.7 Å². The number of benzene rings is 1. The van der Waals surface area contributed by atoms with E-state index < -0.39 is 0 Å². The number of likely N-dealkylation sites (N-methyl/N-ethyl adjacent to an activating group) is 1. The van der Waals surface area contributed by atoms with Crippen molar-refractivity contribution in [3.8, 4) is 5.75 Å². The first kappa shape index (κ1) is 14.0. The van der Waals surface area contributed by atoms with Crippen molar-refractivity contribution in [1.29, 1.82) is 0 Å². The highest BCUT2D eigenvalue weighted by atomic mass is 16.5. The lowest BCUT2D eigenvalue weighted by molar-refractivity contribution is 0.196. The second kappa shape index (κ2) is 7.30. The predicted molar refractivity (Wildman–Crippen MR) is 70.6 cm³/mol. The van der Waals surface area contributed by atoms with Crippen LogP contribution in [0.4, 0.5) is 0 Å². The zero-order chi connectivity index (χ0) is 12.7. The van der Waals surface area contributed by atoms with Crippen molar-refractivity contribution in [2.24, 2.45) is 0 Å². The van der Waals surface area contributed by atoms with E-state index in [4.69, 9.17) is 9.84 Å². The quantitative estimate of drug-likeness (QED) is 0.788. The minimum absolute atomic E-state index is 0.225. The first-order valence-electron chi connectivity index (χ1n) is 6.18. The Labute approximate surface area is 104 Å². The van der Waals surface area contributed by atoms with Crippen molar-refractivity contribution in [1.82, 2.24) is 4.90 Å². The minimum Gasteiger partial charge on any atom is -0.497 e. The SMILES string of the molecule is CCN(CCO)CC(C)c1ccc(OC)cc1. The average molecular weight is 237 g/mol. The van der Waals surface area contributed by atoms with Gasteiger partial charge in [0.25, 0.3) is 0 Å². The summed E-state index contributed by atoms with van der Waals surface area (Å²) in [7, 11) is 1.68. The van der Waals surface area contributed by atoms with Crippen LogP contribution in [0.2, 0.25) is 0 Å². The summed E-state index contributed by atoms with van der Waals surface area (Å²) in [5.74, 6) is 1.36. The Hall–Kier alpha value is -1.06. The van der Waals surface area contributed by atoms with Crippen LogP contribution in [-0.2, 0) is 0 Å². The van der Waals surface area contributed by atoms with Gasteiger partial charge < -0.3 is 14.7 Å². The lowest BCUT2D eigenvalue weighted by Gasteiger charge is -2.23. The van der Waals surface area contributed by atoms with Gasteiger partial charge in [-0.05, 0) is 30.2 Å². The van der Waals surface area contributed by atoms with E-state index in [0.717, 1.165) is 25.4 Å². The Kier molecular flexibility index (Phi) is 6.01. The first-order valence-corrected chi connectivity index (χ1v) is 6.18. The molecule has 1 unspecified atom stereocenters. The van der Waals surface area contributed by atoms with Gasteiger partial charge in [0, 0.05) is 13.1 Å². The van der Waals surface area contributed by atoms with Crippen LogP contribution in [0, 0.1) is 0 Å². The monoisotopic (exact) mass is 237 g/mol. The van der Waals surface area contributed by atoms with Crippen LogP contribution >= 0.6 is 0 Å². The average Bonchev–Trinajstić information content (AvgIpc) is 2.38. The molecule has 0 radical (unpaired) electrons. The third kappa shape index (κ3) is 4.36. The van der Waals surface area contributed by atoms with Gasteiger partial charge in [0.1, 0.15) is 5.75 Å². The molecule has 1 N–H and O–H groups in total. The molecule has 0 aromatic heterocycles. The van der Waals surface area contributed by atoms with Crippen molar-refractivity contribution in [2.45, 2.75) is 19.8 Å². The van der Waals surface area contributed by atoms with Crippen molar-refractivity contribution in [3.05, 3.63) is 29.8 Å². The fraction of sp³-hybridized carbons (Fsp3) is 0.571. The fourth-order valence-electron chi connectivity index (χ4n) is 1.95. The highest BCUT2D eigenvalue weighted by Gasteiger charge is 2.10. The highest BCUT2D eigenvalue weighted by Crippen LogP contribution is 2.19. The number of aliphatic hydroxyl groups excluding tert-OH is 1. The maximum Gasteiger partial charge on any atom is 0.118 e. The minimum atomic E-state index is 0.225. The molecule has 0 amide bonds. The fourth-order valence-corrected chi connectivity index (χ4v) is 1.95. The normalized spacial score (nSPS) is 12.8. The molecule has 17 heavy (non-hydrogen) atoms. The van der Waals surface area contributed by atoms with Crippen molar-refractivity contribution < 1.29 is 9.84 Å². The van der Waals surface area contributed by atoms with E-state index in [-0.39, 0.29) is 6.61 Å². The molecular weight excluding hydrogens is 214 g/mol. The number of rotatable bonds is 7. The Morgan fingerprint density at radius 1 is 1.29 bits per heavy atom. The number of methoxy groups -OCH3 is 1. The summed E-state index contributed by atoms with van der Waals surface area (Å²) < 4.78 is 5.15. The van der Waals surface area contributed by atoms with E-state index in [1.807, 2.05) is 12.1 Å². The Morgan fingerprint density at radius 2 is 1.94 bits per heavy atom. The molecule has 1 aromatic carbocycles. The Balaban J connectivity index is 2.58. The van der Waals surface area contributed by atoms with Crippen LogP contribution in [-0.4, -0.2) is 43.4 Å². The van der Waals surface area contributed by atoms with E-state index in [0.29, 0.717) is 5.92 Å². The largest absolute Gasteiger partial charge is 0.497 e. The summed E-state index contributed by atoms with van der Waals surface area (Å²) in [4.78, 5) is 2.26. The van der Waals surface area contributed by atoms with Crippen molar-refractivity contribution in [2.75, 3.05) is 33.4 Å². The third-order valence-corrected chi connectivity index (χ3v) is 3.08. The Morgan fingerprint density at radius 3 is 2.41 bits per heavy atom. The van der Waals surface area contributed by atoms with Crippen LogP contribution in [0.3, 0.4) is 0 Å². The van der Waals surface area contributed by atoms with Gasteiger partial charge in [-0.1, -0.05) is 26.0 Å². The van der Waals surface area contributed by atoms with Crippen LogP contribution in [0.25, 0.3) is 0 Å². The first-order chi connectivity index (χ1) is 8.21. The summed E-state index contributed by atoms with van der Waals surface area (Å²) in [6.07, 6.45) is 0. The van der Waals surface area contributed by atoms with Crippen LogP contribution in [0.5, 0.6) is 5.75 Å². The van der Waals surface area contributed by atoms with Crippen LogP contribution in [0.1, 0.15) is 25.3 Å². The number of hydrogen-bond acceptors (Lipinski definition) is 3. The van der Waals surface area contributed by atoms with Gasteiger partial charge in [-0.2, -0.15) is 0 Å². The zero-order valence-corrected chi connectivity index (χ0v) is 11.0. The molecule has 0 spiro atoms. The molecule has 1 atom stereocenters. The molecule has 0 aliphatic carbocycles. The second-order valence-electron chi connectivity index (χ2n) is 4.29. The molecule has 96 valence electrons. The smallest absolute Gasteiger partial charge is 0.118 e. The lowest BCUT2D eigenvalue weighted by atomic mass is 10.0. The van der Waals surface area contributed by atoms with E-state index in [1.54, 1.807) is 7.11 Å². The summed E-state index contributed by atoms with van der Waals surface area (Å²) in [6.45, 7) is 7.25. The van der Waals surface area contributed by atoms with E-state index in [2.05, 4.69) is 30.9 Å². The maximum atomic E-state index is 8.96. The molecule has 3 heteroatoms. The van der Waals surface area contributed by atoms with E-state index in [1.165, 1.54) is 5.56 Å². The summed E-state index contributed by atoms with van der Waals surface area (Å²) in [5, 5.41) is 8.96. The molecule has 0 aliphatic rings. The molecule has 1 aromatic rings. The lowest BCUT2D eigenvalue weighted by Crippen LogP contribution is -2.30. The zero-order valence-electron chi connectivity index (χ0n) is 11.0. The van der Waals surface area contributed by atoms with Crippen LogP contribution in [0.15, 0.2) is 24.3 Å².